The zero-order valence-electron chi connectivity index (χ0n) is 18.7. The zero-order valence-corrected chi connectivity index (χ0v) is 18.7. The third kappa shape index (κ3) is 4.72. The maximum atomic E-state index is 14.1. The lowest BCUT2D eigenvalue weighted by Gasteiger charge is -2.11. The topological polar surface area (TPSA) is 86.3 Å². The second-order valence-electron chi connectivity index (χ2n) is 7.78. The van der Waals surface area contributed by atoms with E-state index >= 15 is 0 Å². The van der Waals surface area contributed by atoms with E-state index < -0.39 is 6.29 Å². The highest BCUT2D eigenvalue weighted by Gasteiger charge is 2.26. The lowest BCUT2D eigenvalue weighted by Crippen LogP contribution is -2.29. The number of benzene rings is 2. The first-order chi connectivity index (χ1) is 15.9. The number of hydrogen-bond donors (Lipinski definition) is 2. The van der Waals surface area contributed by atoms with Gasteiger partial charge in [-0.05, 0) is 70.7 Å². The van der Waals surface area contributed by atoms with Gasteiger partial charge in [-0.15, -0.1) is 0 Å². The lowest BCUT2D eigenvalue weighted by atomic mass is 10.00. The molecule has 1 aliphatic carbocycles. The number of carbonyl (C=O) groups is 1. The molecule has 2 aliphatic rings. The van der Waals surface area contributed by atoms with Crippen LogP contribution in [0.1, 0.15) is 30.0 Å². The van der Waals surface area contributed by atoms with E-state index in [2.05, 4.69) is 5.32 Å². The Morgan fingerprint density at radius 3 is 2.45 bits per heavy atom. The van der Waals surface area contributed by atoms with Gasteiger partial charge in [-0.1, -0.05) is 6.07 Å². The number of phenolic OH excluding ortho intramolecular Hbond substituents is 1. The first kappa shape index (κ1) is 22.8. The third-order valence-electron chi connectivity index (χ3n) is 5.77. The monoisotopic (exact) mass is 455 g/mol. The van der Waals surface area contributed by atoms with Gasteiger partial charge in [0.15, 0.2) is 17.8 Å². The number of rotatable bonds is 7. The minimum atomic E-state index is -0.525. The number of halogens is 1. The number of fused-ring (bicyclic) bond motifs is 1. The number of nitrogens with one attached hydrogen (secondary N) is 1. The molecule has 1 saturated heterocycles. The van der Waals surface area contributed by atoms with Crippen LogP contribution < -0.4 is 14.8 Å². The van der Waals surface area contributed by atoms with Gasteiger partial charge in [0.25, 0.3) is 0 Å². The van der Waals surface area contributed by atoms with Gasteiger partial charge in [0.1, 0.15) is 5.82 Å². The minimum Gasteiger partial charge on any atom is -0.502 e. The molecule has 4 rings (SSSR count). The van der Waals surface area contributed by atoms with Crippen LogP contribution in [0.15, 0.2) is 35.9 Å². The maximum absolute atomic E-state index is 14.1. The largest absolute Gasteiger partial charge is 0.502 e. The van der Waals surface area contributed by atoms with Crippen molar-refractivity contribution in [2.75, 3.05) is 34.0 Å². The Kier molecular flexibility index (Phi) is 6.67. The fraction of sp³-hybridized carbons (Fsp3) is 0.320. The molecule has 1 fully saturated rings. The number of phenols is 1. The number of amides is 1. The van der Waals surface area contributed by atoms with Gasteiger partial charge in [0, 0.05) is 6.54 Å². The molecular weight excluding hydrogens is 429 g/mol. The van der Waals surface area contributed by atoms with Crippen molar-refractivity contribution in [3.05, 3.63) is 58.4 Å². The van der Waals surface area contributed by atoms with Crippen molar-refractivity contribution >= 4 is 23.1 Å². The van der Waals surface area contributed by atoms with Crippen LogP contribution in [0.5, 0.6) is 17.2 Å². The summed E-state index contributed by atoms with van der Waals surface area (Å²) in [4.78, 5) is 12.4. The minimum absolute atomic E-state index is 0.0815. The number of ether oxygens (including phenoxy) is 4. The first-order valence-electron chi connectivity index (χ1n) is 10.6. The summed E-state index contributed by atoms with van der Waals surface area (Å²) in [6.07, 6.45) is 1.51. The molecule has 33 heavy (non-hydrogen) atoms. The SMILES string of the molecule is COc1cc(C=C2C(C)=C(CNC(=O)CC3OCCO3)c3cc(F)ccc32)cc(OC)c1O. The van der Waals surface area contributed by atoms with E-state index in [1.807, 2.05) is 13.0 Å². The van der Waals surface area contributed by atoms with Gasteiger partial charge in [-0.3, -0.25) is 4.79 Å². The Morgan fingerprint density at radius 1 is 1.15 bits per heavy atom. The van der Waals surface area contributed by atoms with E-state index in [-0.39, 0.29) is 41.9 Å². The molecule has 0 radical (unpaired) electrons. The summed E-state index contributed by atoms with van der Waals surface area (Å²) in [5, 5.41) is 13.1. The Balaban J connectivity index is 1.66. The number of aromatic hydroxyl groups is 1. The van der Waals surface area contributed by atoms with Crippen LogP contribution in [0.25, 0.3) is 17.2 Å². The Bertz CT molecular complexity index is 1110. The molecule has 0 unspecified atom stereocenters. The third-order valence-corrected chi connectivity index (χ3v) is 5.77. The van der Waals surface area contributed by atoms with Crippen LogP contribution in [0.4, 0.5) is 4.39 Å². The molecular formula is C25H26FNO6. The predicted octanol–water partition coefficient (Wildman–Crippen LogP) is 3.76. The van der Waals surface area contributed by atoms with Crippen LogP contribution in [-0.4, -0.2) is 51.3 Å². The lowest BCUT2D eigenvalue weighted by molar-refractivity contribution is -0.129. The summed E-state index contributed by atoms with van der Waals surface area (Å²) < 4.78 is 35.3. The summed E-state index contributed by atoms with van der Waals surface area (Å²) in [6, 6.07) is 8.01. The molecule has 1 aliphatic heterocycles. The number of methoxy groups -OCH3 is 2. The Labute approximate surface area is 191 Å². The maximum Gasteiger partial charge on any atom is 0.225 e. The summed E-state index contributed by atoms with van der Waals surface area (Å²) in [5.74, 6) is -0.0760. The highest BCUT2D eigenvalue weighted by molar-refractivity contribution is 6.06. The average Bonchev–Trinajstić information content (AvgIpc) is 3.39. The van der Waals surface area contributed by atoms with E-state index in [0.29, 0.717) is 13.2 Å². The van der Waals surface area contributed by atoms with E-state index in [1.54, 1.807) is 18.2 Å². The molecule has 1 amide bonds. The van der Waals surface area contributed by atoms with Crippen LogP contribution >= 0.6 is 0 Å². The second kappa shape index (κ2) is 9.64. The fourth-order valence-electron chi connectivity index (χ4n) is 4.08. The van der Waals surface area contributed by atoms with Gasteiger partial charge in [-0.25, -0.2) is 4.39 Å². The number of hydrogen-bond acceptors (Lipinski definition) is 6. The summed E-state index contributed by atoms with van der Waals surface area (Å²) in [5.41, 5.74) is 4.94. The van der Waals surface area contributed by atoms with Gasteiger partial charge in [0.2, 0.25) is 11.7 Å². The van der Waals surface area contributed by atoms with E-state index in [9.17, 15) is 14.3 Å². The van der Waals surface area contributed by atoms with E-state index in [1.165, 1.54) is 26.4 Å². The van der Waals surface area contributed by atoms with Crippen molar-refractivity contribution in [2.24, 2.45) is 0 Å². The van der Waals surface area contributed by atoms with Crippen LogP contribution in [0.3, 0.4) is 0 Å². The van der Waals surface area contributed by atoms with Gasteiger partial charge >= 0.3 is 0 Å². The Morgan fingerprint density at radius 2 is 1.82 bits per heavy atom. The molecule has 8 heteroatoms. The van der Waals surface area contributed by atoms with Crippen molar-refractivity contribution in [1.82, 2.24) is 5.32 Å². The second-order valence-corrected chi connectivity index (χ2v) is 7.78. The molecule has 0 saturated carbocycles. The van der Waals surface area contributed by atoms with Crippen LogP contribution in [0.2, 0.25) is 0 Å². The van der Waals surface area contributed by atoms with Crippen LogP contribution in [-0.2, 0) is 14.3 Å². The van der Waals surface area contributed by atoms with Crippen molar-refractivity contribution < 1.29 is 33.2 Å². The van der Waals surface area contributed by atoms with Gasteiger partial charge in [-0.2, -0.15) is 0 Å². The summed E-state index contributed by atoms with van der Waals surface area (Å²) >= 11 is 0. The fourth-order valence-corrected chi connectivity index (χ4v) is 4.08. The molecule has 2 aromatic carbocycles. The van der Waals surface area contributed by atoms with Gasteiger partial charge in [0.05, 0.1) is 33.9 Å². The van der Waals surface area contributed by atoms with Crippen molar-refractivity contribution in [3.8, 4) is 17.2 Å². The molecule has 174 valence electrons. The average molecular weight is 455 g/mol. The predicted molar refractivity (Wildman–Crippen MR) is 121 cm³/mol. The molecule has 0 aromatic heterocycles. The summed E-state index contributed by atoms with van der Waals surface area (Å²) in [7, 11) is 2.93. The number of allylic oxidation sites excluding steroid dienone is 2. The highest BCUT2D eigenvalue weighted by atomic mass is 19.1. The highest BCUT2D eigenvalue weighted by Crippen LogP contribution is 2.44. The molecule has 2 N–H and O–H groups in total. The van der Waals surface area contributed by atoms with Crippen molar-refractivity contribution in [3.63, 3.8) is 0 Å². The molecule has 7 nitrogen and oxygen atoms in total. The molecule has 0 atom stereocenters. The van der Waals surface area contributed by atoms with Crippen LogP contribution in [0, 0.1) is 5.82 Å². The van der Waals surface area contributed by atoms with Crippen molar-refractivity contribution in [2.45, 2.75) is 19.6 Å². The molecule has 1 heterocycles. The normalized spacial score (nSPS) is 16.9. The molecule has 2 aromatic rings. The standard InChI is InChI=1S/C25H26FNO6/c1-14-18(8-15-9-21(30-2)25(29)22(10-15)31-3)17-5-4-16(26)11-19(17)20(14)13-27-23(28)12-24-32-6-7-33-24/h4-5,8-11,24,29H,6-7,12-13H2,1-3H3,(H,27,28). The van der Waals surface area contributed by atoms with E-state index in [0.717, 1.165) is 33.4 Å². The van der Waals surface area contributed by atoms with Crippen molar-refractivity contribution in [1.29, 1.82) is 0 Å². The number of carbonyl (C=O) groups excluding carboxylic acids is 1. The van der Waals surface area contributed by atoms with E-state index in [4.69, 9.17) is 18.9 Å². The van der Waals surface area contributed by atoms with Gasteiger partial charge < -0.3 is 29.4 Å². The Hall–Kier alpha value is -3.36. The molecule has 0 bridgehead atoms. The summed E-state index contributed by atoms with van der Waals surface area (Å²) in [6.45, 7) is 3.14. The smallest absolute Gasteiger partial charge is 0.225 e. The quantitative estimate of drug-likeness (QED) is 0.661. The zero-order chi connectivity index (χ0) is 23.5. The molecule has 0 spiro atoms. The first-order valence-corrected chi connectivity index (χ1v) is 10.6.